The standard InChI is InChI=1S/C6H14IN/c1-2-3-4-6(8)5-7/h6H,2-5,8H2,1H3. The molecule has 1 atom stereocenters. The zero-order valence-corrected chi connectivity index (χ0v) is 7.52. The molecule has 0 rings (SSSR count). The van der Waals surface area contributed by atoms with E-state index in [4.69, 9.17) is 5.73 Å². The molecule has 8 heavy (non-hydrogen) atoms. The van der Waals surface area contributed by atoms with Gasteiger partial charge in [-0.2, -0.15) is 0 Å². The van der Waals surface area contributed by atoms with E-state index >= 15 is 0 Å². The highest BCUT2D eigenvalue weighted by Crippen LogP contribution is 1.99. The molecule has 0 heterocycles. The lowest BCUT2D eigenvalue weighted by Gasteiger charge is -2.03. The van der Waals surface area contributed by atoms with Gasteiger partial charge in [-0.25, -0.2) is 0 Å². The van der Waals surface area contributed by atoms with Crippen molar-refractivity contribution in [2.24, 2.45) is 5.73 Å². The van der Waals surface area contributed by atoms with Crippen molar-refractivity contribution in [1.82, 2.24) is 0 Å². The molecule has 0 amide bonds. The van der Waals surface area contributed by atoms with Gasteiger partial charge in [-0.15, -0.1) is 0 Å². The van der Waals surface area contributed by atoms with Gasteiger partial charge >= 0.3 is 0 Å². The zero-order chi connectivity index (χ0) is 6.41. The van der Waals surface area contributed by atoms with Crippen molar-refractivity contribution >= 4 is 22.6 Å². The molecule has 0 aliphatic heterocycles. The van der Waals surface area contributed by atoms with Crippen LogP contribution >= 0.6 is 22.6 Å². The first-order valence-electron chi connectivity index (χ1n) is 3.12. The largest absolute Gasteiger partial charge is 0.327 e. The molecule has 2 N–H and O–H groups in total. The van der Waals surface area contributed by atoms with Crippen LogP contribution in [-0.2, 0) is 0 Å². The van der Waals surface area contributed by atoms with Gasteiger partial charge in [0.2, 0.25) is 0 Å². The van der Waals surface area contributed by atoms with Gasteiger partial charge in [0.25, 0.3) is 0 Å². The number of nitrogens with two attached hydrogens (primary N) is 1. The molecule has 0 fully saturated rings. The van der Waals surface area contributed by atoms with Crippen molar-refractivity contribution in [3.63, 3.8) is 0 Å². The molecule has 0 spiro atoms. The molecule has 0 aromatic carbocycles. The fourth-order valence-corrected chi connectivity index (χ4v) is 0.984. The molecule has 0 aliphatic carbocycles. The van der Waals surface area contributed by atoms with Gasteiger partial charge in [0.1, 0.15) is 0 Å². The van der Waals surface area contributed by atoms with Crippen molar-refractivity contribution in [3.05, 3.63) is 0 Å². The third kappa shape index (κ3) is 4.84. The first-order chi connectivity index (χ1) is 3.81. The Morgan fingerprint density at radius 1 is 1.62 bits per heavy atom. The average Bonchev–Trinajstić information content (AvgIpc) is 1.83. The lowest BCUT2D eigenvalue weighted by molar-refractivity contribution is 0.627. The van der Waals surface area contributed by atoms with Crippen LogP contribution < -0.4 is 5.73 Å². The first kappa shape index (κ1) is 8.69. The summed E-state index contributed by atoms with van der Waals surface area (Å²) in [6, 6.07) is 0.440. The highest BCUT2D eigenvalue weighted by atomic mass is 127. The van der Waals surface area contributed by atoms with Crippen LogP contribution in [0.25, 0.3) is 0 Å². The first-order valence-corrected chi connectivity index (χ1v) is 4.65. The van der Waals surface area contributed by atoms with Crippen molar-refractivity contribution in [3.8, 4) is 0 Å². The predicted octanol–water partition coefficient (Wildman–Crippen LogP) is 1.94. The van der Waals surface area contributed by atoms with Gasteiger partial charge in [-0.1, -0.05) is 42.4 Å². The predicted molar refractivity (Wildman–Crippen MR) is 46.4 cm³/mol. The summed E-state index contributed by atoms with van der Waals surface area (Å²) < 4.78 is 1.10. The molecule has 0 saturated carbocycles. The molecular weight excluding hydrogens is 213 g/mol. The van der Waals surface area contributed by atoms with Crippen LogP contribution in [0.3, 0.4) is 0 Å². The van der Waals surface area contributed by atoms with Crippen molar-refractivity contribution in [1.29, 1.82) is 0 Å². The number of hydrogen-bond acceptors (Lipinski definition) is 1. The van der Waals surface area contributed by atoms with E-state index in [0.717, 1.165) is 4.43 Å². The van der Waals surface area contributed by atoms with Gasteiger partial charge < -0.3 is 5.73 Å². The van der Waals surface area contributed by atoms with Crippen molar-refractivity contribution in [2.45, 2.75) is 32.2 Å². The van der Waals surface area contributed by atoms with Gasteiger partial charge in [0.15, 0.2) is 0 Å². The van der Waals surface area contributed by atoms with E-state index in [1.54, 1.807) is 0 Å². The van der Waals surface area contributed by atoms with E-state index in [-0.39, 0.29) is 0 Å². The fraction of sp³-hybridized carbons (Fsp3) is 1.00. The van der Waals surface area contributed by atoms with Crippen LogP contribution in [0.2, 0.25) is 0 Å². The van der Waals surface area contributed by atoms with Gasteiger partial charge in [-0.3, -0.25) is 0 Å². The molecule has 0 aromatic rings. The maximum absolute atomic E-state index is 5.65. The summed E-state index contributed by atoms with van der Waals surface area (Å²) in [6.45, 7) is 2.19. The Morgan fingerprint density at radius 3 is 2.62 bits per heavy atom. The second-order valence-electron chi connectivity index (χ2n) is 2.06. The Balaban J connectivity index is 2.86. The van der Waals surface area contributed by atoms with E-state index in [1.165, 1.54) is 19.3 Å². The van der Waals surface area contributed by atoms with E-state index in [0.29, 0.717) is 6.04 Å². The van der Waals surface area contributed by atoms with Crippen LogP contribution in [0.1, 0.15) is 26.2 Å². The molecule has 1 unspecified atom stereocenters. The summed E-state index contributed by atoms with van der Waals surface area (Å²) in [4.78, 5) is 0. The maximum Gasteiger partial charge on any atom is 0.0147 e. The Kier molecular flexibility index (Phi) is 6.32. The molecule has 2 heteroatoms. The maximum atomic E-state index is 5.65. The molecule has 0 saturated heterocycles. The smallest absolute Gasteiger partial charge is 0.0147 e. The summed E-state index contributed by atoms with van der Waals surface area (Å²) in [5, 5.41) is 0. The van der Waals surface area contributed by atoms with Crippen molar-refractivity contribution in [2.75, 3.05) is 4.43 Å². The van der Waals surface area contributed by atoms with Crippen molar-refractivity contribution < 1.29 is 0 Å². The average molecular weight is 227 g/mol. The molecule has 0 aliphatic rings. The Hall–Kier alpha value is 0.690. The normalized spacial score (nSPS) is 13.9. The number of rotatable bonds is 4. The van der Waals surface area contributed by atoms with E-state index in [2.05, 4.69) is 29.5 Å². The van der Waals surface area contributed by atoms with E-state index in [1.807, 2.05) is 0 Å². The highest BCUT2D eigenvalue weighted by Gasteiger charge is 1.95. The van der Waals surface area contributed by atoms with E-state index in [9.17, 15) is 0 Å². The third-order valence-electron chi connectivity index (χ3n) is 1.13. The quantitative estimate of drug-likeness (QED) is 0.576. The van der Waals surface area contributed by atoms with Gasteiger partial charge in [0.05, 0.1) is 0 Å². The Labute approximate surface area is 65.2 Å². The van der Waals surface area contributed by atoms with Crippen LogP contribution in [0.15, 0.2) is 0 Å². The lowest BCUT2D eigenvalue weighted by Crippen LogP contribution is -2.20. The Bertz CT molecular complexity index is 47.8. The molecule has 50 valence electrons. The molecule has 0 bridgehead atoms. The minimum absolute atomic E-state index is 0.440. The minimum atomic E-state index is 0.440. The van der Waals surface area contributed by atoms with Crippen LogP contribution in [-0.4, -0.2) is 10.5 Å². The number of alkyl halides is 1. The highest BCUT2D eigenvalue weighted by molar-refractivity contribution is 14.1. The summed E-state index contributed by atoms with van der Waals surface area (Å²) in [6.07, 6.45) is 3.74. The van der Waals surface area contributed by atoms with Gasteiger partial charge in [-0.05, 0) is 6.42 Å². The summed E-state index contributed by atoms with van der Waals surface area (Å²) >= 11 is 2.33. The van der Waals surface area contributed by atoms with Gasteiger partial charge in [0, 0.05) is 10.5 Å². The zero-order valence-electron chi connectivity index (χ0n) is 5.36. The second-order valence-corrected chi connectivity index (χ2v) is 2.94. The SMILES string of the molecule is CCCCC(N)CI. The van der Waals surface area contributed by atoms with Crippen LogP contribution in [0.4, 0.5) is 0 Å². The number of halogens is 1. The third-order valence-corrected chi connectivity index (χ3v) is 2.26. The summed E-state index contributed by atoms with van der Waals surface area (Å²) in [7, 11) is 0. The molecule has 0 radical (unpaired) electrons. The number of hydrogen-bond donors (Lipinski definition) is 1. The monoisotopic (exact) mass is 227 g/mol. The molecular formula is C6H14IN. The number of unbranched alkanes of at least 4 members (excludes halogenated alkanes) is 1. The molecule has 1 nitrogen and oxygen atoms in total. The second kappa shape index (κ2) is 5.82. The van der Waals surface area contributed by atoms with Crippen LogP contribution in [0.5, 0.6) is 0 Å². The Morgan fingerprint density at radius 2 is 2.25 bits per heavy atom. The fourth-order valence-electron chi connectivity index (χ4n) is 0.543. The topological polar surface area (TPSA) is 26.0 Å². The summed E-state index contributed by atoms with van der Waals surface area (Å²) in [5.41, 5.74) is 5.65. The minimum Gasteiger partial charge on any atom is -0.327 e. The van der Waals surface area contributed by atoms with E-state index < -0.39 is 0 Å². The van der Waals surface area contributed by atoms with Crippen LogP contribution in [0, 0.1) is 0 Å². The molecule has 0 aromatic heterocycles. The lowest BCUT2D eigenvalue weighted by atomic mass is 10.2. The summed E-state index contributed by atoms with van der Waals surface area (Å²) in [5.74, 6) is 0.